The fourth-order valence-corrected chi connectivity index (χ4v) is 8.17. The molecule has 1 aliphatic carbocycles. The van der Waals surface area contributed by atoms with Gasteiger partial charge in [0.1, 0.15) is 0 Å². The summed E-state index contributed by atoms with van der Waals surface area (Å²) in [4.78, 5) is 26.0. The lowest BCUT2D eigenvalue weighted by Gasteiger charge is -2.11. The van der Waals surface area contributed by atoms with Crippen LogP contribution in [0.25, 0.3) is 0 Å². The first-order valence-corrected chi connectivity index (χ1v) is 14.3. The highest BCUT2D eigenvalue weighted by atomic mass is 35.5. The van der Waals surface area contributed by atoms with Crippen molar-refractivity contribution in [3.8, 4) is 0 Å². The number of ketones is 2. The number of fused-ring (bicyclic) bond motifs is 2. The maximum absolute atomic E-state index is 12.5. The molecule has 1 aliphatic heterocycles. The molecule has 1 aromatic carbocycles. The van der Waals surface area contributed by atoms with Crippen molar-refractivity contribution in [2.45, 2.75) is 36.3 Å². The normalized spacial score (nSPS) is 14.1. The molecule has 6 rings (SSSR count). The van der Waals surface area contributed by atoms with Crippen molar-refractivity contribution in [3.05, 3.63) is 86.1 Å². The van der Waals surface area contributed by atoms with Gasteiger partial charge in [-0.3, -0.25) is 9.59 Å². The predicted molar refractivity (Wildman–Crippen MR) is 146 cm³/mol. The fraction of sp³-hybridized carbons (Fsp3) is 0.231. The molecule has 4 heterocycles. The number of rotatable bonds is 4. The molecule has 4 N–H and O–H groups in total. The van der Waals surface area contributed by atoms with Gasteiger partial charge in [-0.05, 0) is 79.6 Å². The average Bonchev–Trinajstić information content (AvgIpc) is 3.63. The second kappa shape index (κ2) is 10.2. The lowest BCUT2D eigenvalue weighted by atomic mass is 9.93. The van der Waals surface area contributed by atoms with E-state index in [9.17, 15) is 9.59 Å². The number of carbonyl (C=O) groups excluding carboxylic acids is 2. The van der Waals surface area contributed by atoms with Crippen LogP contribution in [0.15, 0.2) is 51.3 Å². The predicted octanol–water partition coefficient (Wildman–Crippen LogP) is 6.90. The van der Waals surface area contributed by atoms with Crippen LogP contribution in [-0.2, 0) is 19.3 Å². The molecular weight excluding hydrogens is 520 g/mol. The number of thioether (sulfide) groups is 1. The zero-order valence-corrected chi connectivity index (χ0v) is 22.0. The van der Waals surface area contributed by atoms with Gasteiger partial charge < -0.3 is 15.9 Å². The Morgan fingerprint density at radius 3 is 2.31 bits per heavy atom. The number of benzene rings is 1. The zero-order valence-electron chi connectivity index (χ0n) is 18.8. The summed E-state index contributed by atoms with van der Waals surface area (Å²) >= 11 is 10.7. The number of thiophene rings is 2. The molecule has 2 aliphatic rings. The van der Waals surface area contributed by atoms with Gasteiger partial charge in [0.15, 0.2) is 11.5 Å². The molecule has 3 aromatic heterocycles. The topological polar surface area (TPSA) is 99.3 Å². The summed E-state index contributed by atoms with van der Waals surface area (Å²) in [7, 11) is 0. The number of nitrogens with two attached hydrogens (primary N) is 2. The number of furan rings is 1. The number of carbonyl (C=O) groups is 2. The van der Waals surface area contributed by atoms with Crippen LogP contribution >= 0.6 is 46.0 Å². The summed E-state index contributed by atoms with van der Waals surface area (Å²) in [6, 6.07) is 10.4. The van der Waals surface area contributed by atoms with Gasteiger partial charge in [-0.15, -0.1) is 34.4 Å². The van der Waals surface area contributed by atoms with E-state index in [1.54, 1.807) is 59.5 Å². The van der Waals surface area contributed by atoms with Gasteiger partial charge >= 0.3 is 0 Å². The largest absolute Gasteiger partial charge is 0.461 e. The van der Waals surface area contributed by atoms with Crippen LogP contribution in [0.2, 0.25) is 5.02 Å². The first kappa shape index (κ1) is 24.2. The molecule has 0 saturated carbocycles. The van der Waals surface area contributed by atoms with E-state index in [1.807, 2.05) is 0 Å². The second-order valence-corrected chi connectivity index (χ2v) is 12.3. The summed E-state index contributed by atoms with van der Waals surface area (Å²) in [5.74, 6) is 1.35. The number of hydrogen-bond acceptors (Lipinski definition) is 8. The molecule has 0 unspecified atom stereocenters. The summed E-state index contributed by atoms with van der Waals surface area (Å²) in [5.41, 5.74) is 16.3. The Morgan fingerprint density at radius 2 is 1.57 bits per heavy atom. The summed E-state index contributed by atoms with van der Waals surface area (Å²) in [6.07, 6.45) is 6.80. The third kappa shape index (κ3) is 4.80. The molecule has 0 amide bonds. The Hall–Kier alpha value is -2.52. The van der Waals surface area contributed by atoms with Crippen molar-refractivity contribution >= 4 is 67.6 Å². The summed E-state index contributed by atoms with van der Waals surface area (Å²) < 4.78 is 6.36. The molecule has 0 spiro atoms. The van der Waals surface area contributed by atoms with Gasteiger partial charge in [-0.1, -0.05) is 11.6 Å². The fourth-order valence-electron chi connectivity index (χ4n) is 4.41. The van der Waals surface area contributed by atoms with Crippen LogP contribution in [-0.4, -0.2) is 17.3 Å². The van der Waals surface area contributed by atoms with Crippen molar-refractivity contribution in [2.75, 3.05) is 17.2 Å². The number of anilines is 2. The molecule has 5 nitrogen and oxygen atoms in total. The minimum absolute atomic E-state index is 0.00386. The zero-order chi connectivity index (χ0) is 24.5. The summed E-state index contributed by atoms with van der Waals surface area (Å²) in [5, 5.41) is 1.90. The van der Waals surface area contributed by atoms with E-state index < -0.39 is 0 Å². The van der Waals surface area contributed by atoms with E-state index in [-0.39, 0.29) is 11.6 Å². The summed E-state index contributed by atoms with van der Waals surface area (Å²) in [6.45, 7) is 0. The van der Waals surface area contributed by atoms with Gasteiger partial charge in [-0.2, -0.15) is 0 Å². The molecule has 180 valence electrons. The van der Waals surface area contributed by atoms with E-state index in [2.05, 4.69) is 0 Å². The average molecular weight is 543 g/mol. The Balaban J connectivity index is 0.000000145. The van der Waals surface area contributed by atoms with Gasteiger partial charge in [0.05, 0.1) is 31.6 Å². The van der Waals surface area contributed by atoms with E-state index in [0.717, 1.165) is 42.6 Å². The van der Waals surface area contributed by atoms with Crippen molar-refractivity contribution < 1.29 is 14.0 Å². The quantitative estimate of drug-likeness (QED) is 0.272. The Labute approximate surface area is 220 Å². The molecule has 0 radical (unpaired) electrons. The highest BCUT2D eigenvalue weighted by molar-refractivity contribution is 8.01. The molecule has 0 atom stereocenters. The molecule has 0 saturated heterocycles. The van der Waals surface area contributed by atoms with E-state index in [1.165, 1.54) is 33.1 Å². The maximum atomic E-state index is 12.5. The smallest absolute Gasteiger partial charge is 0.231 e. The Morgan fingerprint density at radius 1 is 0.857 bits per heavy atom. The van der Waals surface area contributed by atoms with E-state index >= 15 is 0 Å². The highest BCUT2D eigenvalue weighted by Gasteiger charge is 2.27. The minimum Gasteiger partial charge on any atom is -0.461 e. The van der Waals surface area contributed by atoms with Crippen LogP contribution in [0, 0.1) is 0 Å². The van der Waals surface area contributed by atoms with E-state index in [0.29, 0.717) is 37.5 Å². The SMILES string of the molecule is Nc1sc2c(c1C(=O)c1ccc(Cl)cc1)CCS2.Nc1sc2c(c1C(=O)c1ccco1)CCCC2. The van der Waals surface area contributed by atoms with Crippen LogP contribution in [0.4, 0.5) is 10.0 Å². The van der Waals surface area contributed by atoms with Gasteiger partial charge in [0, 0.05) is 21.2 Å². The maximum Gasteiger partial charge on any atom is 0.231 e. The highest BCUT2D eigenvalue weighted by Crippen LogP contribution is 2.44. The standard InChI is InChI=1S/C13H10ClNOS2.C13H13NO2S/c14-8-3-1-7(2-4-8)11(16)10-9-5-6-17-13(9)18-12(10)15;14-13-11(12(15)9-5-3-7-16-9)8-4-1-2-6-10(8)17-13/h1-4H,5-6,15H2;3,5,7H,1-2,4,6,14H2. The van der Waals surface area contributed by atoms with Gasteiger partial charge in [-0.25, -0.2) is 0 Å². The van der Waals surface area contributed by atoms with Crippen LogP contribution in [0.5, 0.6) is 0 Å². The van der Waals surface area contributed by atoms with Crippen LogP contribution in [0.3, 0.4) is 0 Å². The molecule has 35 heavy (non-hydrogen) atoms. The third-order valence-electron chi connectivity index (χ3n) is 6.09. The van der Waals surface area contributed by atoms with Crippen molar-refractivity contribution in [2.24, 2.45) is 0 Å². The van der Waals surface area contributed by atoms with Crippen molar-refractivity contribution in [3.63, 3.8) is 0 Å². The van der Waals surface area contributed by atoms with Crippen LogP contribution < -0.4 is 11.5 Å². The third-order valence-corrected chi connectivity index (χ3v) is 9.84. The molecular formula is C26H23ClN2O3S3. The second-order valence-electron chi connectivity index (χ2n) is 8.30. The Kier molecular flexibility index (Phi) is 7.07. The van der Waals surface area contributed by atoms with E-state index in [4.69, 9.17) is 27.5 Å². The lowest BCUT2D eigenvalue weighted by molar-refractivity contribution is 0.101. The molecule has 9 heteroatoms. The van der Waals surface area contributed by atoms with Crippen LogP contribution in [0.1, 0.15) is 60.9 Å². The minimum atomic E-state index is -0.0769. The van der Waals surface area contributed by atoms with Gasteiger partial charge in [0.25, 0.3) is 0 Å². The molecule has 0 bridgehead atoms. The number of nitrogen functional groups attached to an aromatic ring is 2. The first-order valence-electron chi connectivity index (χ1n) is 11.3. The Bertz CT molecular complexity index is 1390. The number of aryl methyl sites for hydroxylation is 1. The van der Waals surface area contributed by atoms with Gasteiger partial charge in [0.2, 0.25) is 5.78 Å². The number of halogens is 1. The molecule has 0 fully saturated rings. The van der Waals surface area contributed by atoms with Crippen molar-refractivity contribution in [1.29, 1.82) is 0 Å². The number of hydrogen-bond donors (Lipinski definition) is 2. The lowest BCUT2D eigenvalue weighted by Crippen LogP contribution is -2.08. The monoisotopic (exact) mass is 542 g/mol. The first-order chi connectivity index (χ1) is 16.9. The van der Waals surface area contributed by atoms with Crippen molar-refractivity contribution in [1.82, 2.24) is 0 Å². The molecule has 4 aromatic rings.